The van der Waals surface area contributed by atoms with Crippen molar-refractivity contribution in [2.24, 2.45) is 0 Å². The SMILES string of the molecule is O=[N+]([O-])c1nc(CS)c[nH]1.ONSn1ccnc1O. The Kier molecular flexibility index (Phi) is 6.14. The topological polar surface area (TPSA) is 142 Å². The van der Waals surface area contributed by atoms with Crippen LogP contribution in [0, 0.1) is 10.1 Å². The van der Waals surface area contributed by atoms with E-state index in [1.807, 2.05) is 0 Å². The Morgan fingerprint density at radius 2 is 2.42 bits per heavy atom. The van der Waals surface area contributed by atoms with Gasteiger partial charge in [0.2, 0.25) is 0 Å². The van der Waals surface area contributed by atoms with Gasteiger partial charge in [0.15, 0.2) is 5.69 Å². The molecule has 0 saturated heterocycles. The minimum Gasteiger partial charge on any atom is -0.480 e. The van der Waals surface area contributed by atoms with E-state index in [1.165, 1.54) is 22.6 Å². The van der Waals surface area contributed by atoms with E-state index in [9.17, 15) is 10.1 Å². The third kappa shape index (κ3) is 4.78. The molecule has 0 atom stereocenters. The summed E-state index contributed by atoms with van der Waals surface area (Å²) in [5.41, 5.74) is 0.579. The molecular weight excluding hydrogens is 296 g/mol. The number of nitro groups is 1. The van der Waals surface area contributed by atoms with Crippen LogP contribution in [-0.4, -0.2) is 34.2 Å². The molecule has 0 amide bonds. The van der Waals surface area contributed by atoms with Gasteiger partial charge in [0.25, 0.3) is 0 Å². The maximum absolute atomic E-state index is 10.0. The van der Waals surface area contributed by atoms with Crippen LogP contribution in [-0.2, 0) is 5.75 Å². The summed E-state index contributed by atoms with van der Waals surface area (Å²) >= 11 is 4.71. The number of aromatic amines is 1. The fourth-order valence-electron chi connectivity index (χ4n) is 0.922. The highest BCUT2D eigenvalue weighted by Crippen LogP contribution is 2.10. The van der Waals surface area contributed by atoms with Gasteiger partial charge < -0.3 is 20.4 Å². The van der Waals surface area contributed by atoms with Crippen molar-refractivity contribution in [1.82, 2.24) is 23.8 Å². The van der Waals surface area contributed by atoms with Gasteiger partial charge in [-0.25, -0.2) is 13.9 Å². The molecular formula is C7H10N6O4S2. The molecule has 0 aromatic carbocycles. The molecule has 0 unspecified atom stereocenters. The Bertz CT molecular complexity index is 529. The van der Waals surface area contributed by atoms with Crippen molar-refractivity contribution < 1.29 is 15.2 Å². The van der Waals surface area contributed by atoms with Crippen LogP contribution in [0.3, 0.4) is 0 Å². The number of rotatable bonds is 4. The zero-order chi connectivity index (χ0) is 14.3. The number of thiol groups is 1. The molecule has 104 valence electrons. The van der Waals surface area contributed by atoms with Crippen LogP contribution in [0.25, 0.3) is 0 Å². The van der Waals surface area contributed by atoms with Crippen molar-refractivity contribution in [3.63, 3.8) is 0 Å². The standard InChI is InChI=1S/C4H5N3O2S.C3H5N3O2S/c8-7(9)4-5-1-3(2-10)6-4;7-3-4-1-2-6(3)9-5-8/h1,10H,2H2,(H,5,6);1-2,5,8H,(H,4,7). The van der Waals surface area contributed by atoms with Gasteiger partial charge in [-0.1, -0.05) is 4.98 Å². The lowest BCUT2D eigenvalue weighted by atomic mass is 10.6. The molecule has 4 N–H and O–H groups in total. The predicted molar refractivity (Wildman–Crippen MR) is 69.7 cm³/mol. The van der Waals surface area contributed by atoms with Crippen LogP contribution >= 0.6 is 24.8 Å². The van der Waals surface area contributed by atoms with E-state index in [4.69, 9.17) is 10.3 Å². The van der Waals surface area contributed by atoms with E-state index in [2.05, 4.69) is 27.6 Å². The van der Waals surface area contributed by atoms with Gasteiger partial charge in [-0.15, -0.1) is 4.89 Å². The first kappa shape index (κ1) is 15.3. The molecule has 0 fully saturated rings. The molecule has 0 radical (unpaired) electrons. The maximum Gasteiger partial charge on any atom is 0.432 e. The van der Waals surface area contributed by atoms with Gasteiger partial charge in [-0.05, 0) is 4.92 Å². The zero-order valence-corrected chi connectivity index (χ0v) is 11.0. The summed E-state index contributed by atoms with van der Waals surface area (Å²) in [4.78, 5) is 20.7. The number of H-pyrrole nitrogens is 1. The average Bonchev–Trinajstić information content (AvgIpc) is 3.00. The Balaban J connectivity index is 0.000000191. The lowest BCUT2D eigenvalue weighted by Crippen LogP contribution is -1.97. The number of imidazole rings is 2. The quantitative estimate of drug-likeness (QED) is 0.241. The summed E-state index contributed by atoms with van der Waals surface area (Å²) < 4.78 is 1.26. The van der Waals surface area contributed by atoms with Crippen LogP contribution in [0.4, 0.5) is 5.95 Å². The molecule has 0 aliphatic rings. The highest BCUT2D eigenvalue weighted by molar-refractivity contribution is 7.95. The van der Waals surface area contributed by atoms with Crippen LogP contribution in [0.15, 0.2) is 18.6 Å². The lowest BCUT2D eigenvalue weighted by Gasteiger charge is -1.95. The van der Waals surface area contributed by atoms with Crippen molar-refractivity contribution in [3.05, 3.63) is 34.4 Å². The van der Waals surface area contributed by atoms with E-state index >= 15 is 0 Å². The van der Waals surface area contributed by atoms with Crippen LogP contribution in [0.2, 0.25) is 0 Å². The minimum absolute atomic E-state index is 0.151. The van der Waals surface area contributed by atoms with Crippen molar-refractivity contribution >= 4 is 30.7 Å². The second-order valence-electron chi connectivity index (χ2n) is 2.87. The van der Waals surface area contributed by atoms with E-state index in [1.54, 1.807) is 4.89 Å². The summed E-state index contributed by atoms with van der Waals surface area (Å²) in [6.45, 7) is 0. The minimum atomic E-state index is -0.576. The van der Waals surface area contributed by atoms with Crippen LogP contribution in [0.5, 0.6) is 6.01 Å². The molecule has 2 aromatic rings. The van der Waals surface area contributed by atoms with Crippen molar-refractivity contribution in [3.8, 4) is 6.01 Å². The first-order valence-electron chi connectivity index (χ1n) is 4.66. The van der Waals surface area contributed by atoms with Crippen LogP contribution < -0.4 is 4.89 Å². The molecule has 0 aliphatic carbocycles. The Morgan fingerprint density at radius 1 is 1.68 bits per heavy atom. The fourth-order valence-corrected chi connectivity index (χ4v) is 1.42. The number of aromatic hydroxyl groups is 1. The molecule has 10 nitrogen and oxygen atoms in total. The molecule has 12 heteroatoms. The van der Waals surface area contributed by atoms with E-state index in [0.29, 0.717) is 11.4 Å². The molecule has 2 aromatic heterocycles. The normalized spacial score (nSPS) is 9.79. The van der Waals surface area contributed by atoms with E-state index in [-0.39, 0.29) is 12.0 Å². The molecule has 0 saturated carbocycles. The van der Waals surface area contributed by atoms with Gasteiger partial charge in [-0.3, -0.25) is 0 Å². The monoisotopic (exact) mass is 306 g/mol. The molecule has 0 aliphatic heterocycles. The fraction of sp³-hybridized carbons (Fsp3) is 0.143. The van der Waals surface area contributed by atoms with Crippen molar-refractivity contribution in [1.29, 1.82) is 0 Å². The number of hydrogen-bond acceptors (Lipinski definition) is 9. The first-order chi connectivity index (χ1) is 9.08. The maximum atomic E-state index is 10.0. The zero-order valence-electron chi connectivity index (χ0n) is 9.29. The largest absolute Gasteiger partial charge is 0.480 e. The van der Waals surface area contributed by atoms with Gasteiger partial charge in [0, 0.05) is 12.4 Å². The van der Waals surface area contributed by atoms with E-state index in [0.717, 1.165) is 12.1 Å². The number of nitrogens with one attached hydrogen (secondary N) is 2. The number of nitrogens with zero attached hydrogens (tertiary/aromatic N) is 4. The molecule has 0 bridgehead atoms. The molecule has 2 heterocycles. The number of aromatic nitrogens is 4. The first-order valence-corrected chi connectivity index (χ1v) is 6.07. The number of hydrogen-bond donors (Lipinski definition) is 5. The summed E-state index contributed by atoms with van der Waals surface area (Å²) in [5.74, 6) is 0.175. The summed E-state index contributed by atoms with van der Waals surface area (Å²) in [7, 11) is 0. The van der Waals surface area contributed by atoms with Gasteiger partial charge >= 0.3 is 12.0 Å². The van der Waals surface area contributed by atoms with Gasteiger partial charge in [0.05, 0.1) is 17.9 Å². The highest BCUT2D eigenvalue weighted by atomic mass is 32.2. The van der Waals surface area contributed by atoms with Gasteiger partial charge in [-0.2, -0.15) is 12.6 Å². The molecule has 0 spiro atoms. The van der Waals surface area contributed by atoms with Crippen molar-refractivity contribution in [2.75, 3.05) is 0 Å². The Labute approximate surface area is 116 Å². The third-order valence-corrected chi connectivity index (χ3v) is 2.57. The summed E-state index contributed by atoms with van der Waals surface area (Å²) in [5, 5.41) is 26.9. The summed E-state index contributed by atoms with van der Waals surface area (Å²) in [6, 6.07) is -0.151. The lowest BCUT2D eigenvalue weighted by molar-refractivity contribution is -0.393. The second-order valence-corrected chi connectivity index (χ2v) is 3.94. The summed E-state index contributed by atoms with van der Waals surface area (Å²) in [6.07, 6.45) is 4.38. The highest BCUT2D eigenvalue weighted by Gasteiger charge is 2.09. The average molecular weight is 306 g/mol. The third-order valence-electron chi connectivity index (χ3n) is 1.68. The van der Waals surface area contributed by atoms with E-state index < -0.39 is 4.92 Å². The molecule has 19 heavy (non-hydrogen) atoms. The predicted octanol–water partition coefficient (Wildman–Crippen LogP) is 0.726. The smallest absolute Gasteiger partial charge is 0.432 e. The van der Waals surface area contributed by atoms with Gasteiger partial charge in [0.1, 0.15) is 6.20 Å². The van der Waals surface area contributed by atoms with Crippen LogP contribution in [0.1, 0.15) is 5.69 Å². The molecule has 2 rings (SSSR count). The van der Waals surface area contributed by atoms with Crippen molar-refractivity contribution in [2.45, 2.75) is 5.75 Å². The Morgan fingerprint density at radius 3 is 2.79 bits per heavy atom. The Hall–Kier alpha value is -1.76. The second kappa shape index (κ2) is 7.63.